The van der Waals surface area contributed by atoms with Crippen LogP contribution in [0.5, 0.6) is 0 Å². The van der Waals surface area contributed by atoms with Crippen LogP contribution >= 0.6 is 0 Å². The molecular weight excluding hydrogens is 306 g/mol. The van der Waals surface area contributed by atoms with Crippen molar-refractivity contribution in [3.8, 4) is 0 Å². The lowest BCUT2D eigenvalue weighted by Gasteiger charge is -2.38. The van der Waals surface area contributed by atoms with Gasteiger partial charge >= 0.3 is 0 Å². The van der Waals surface area contributed by atoms with Crippen LogP contribution in [0, 0.1) is 12.0 Å². The van der Waals surface area contributed by atoms with Gasteiger partial charge < -0.3 is 16.2 Å². The molecule has 1 saturated carbocycles. The zero-order valence-corrected chi connectivity index (χ0v) is 14.0. The van der Waals surface area contributed by atoms with Crippen molar-refractivity contribution in [2.75, 3.05) is 5.32 Å². The van der Waals surface area contributed by atoms with E-state index in [1.165, 1.54) is 6.20 Å². The van der Waals surface area contributed by atoms with Gasteiger partial charge in [-0.3, -0.25) is 9.31 Å². The van der Waals surface area contributed by atoms with Gasteiger partial charge in [0.1, 0.15) is 0 Å². The molecule has 2 aromatic heterocycles. The topological polar surface area (TPSA) is 97.0 Å². The zero-order valence-electron chi connectivity index (χ0n) is 14.0. The van der Waals surface area contributed by atoms with Crippen LogP contribution in [0.4, 0.5) is 11.4 Å². The van der Waals surface area contributed by atoms with Crippen LogP contribution in [0.3, 0.4) is 0 Å². The molecule has 1 amide bonds. The molecule has 0 unspecified atom stereocenters. The molecule has 0 spiro atoms. The summed E-state index contributed by atoms with van der Waals surface area (Å²) in [7, 11) is 0. The number of fused-ring (bicyclic) bond motifs is 1. The normalized spacial score (nSPS) is 25.5. The quantitative estimate of drug-likeness (QED) is 0.754. The molecule has 2 heterocycles. The first-order chi connectivity index (χ1) is 11.2. The first kappa shape index (κ1) is 16.3. The summed E-state index contributed by atoms with van der Waals surface area (Å²) >= 11 is 0. The van der Waals surface area contributed by atoms with Crippen LogP contribution in [0.1, 0.15) is 44.0 Å². The van der Waals surface area contributed by atoms with E-state index < -0.39 is 16.9 Å². The highest BCUT2D eigenvalue weighted by Gasteiger charge is 2.50. The molecule has 0 radical (unpaired) electrons. The summed E-state index contributed by atoms with van der Waals surface area (Å²) in [6, 6.07) is 1.64. The number of nitrogens with one attached hydrogen (secondary N) is 1. The summed E-state index contributed by atoms with van der Waals surface area (Å²) in [6.07, 6.45) is 4.45. The molecule has 2 atom stereocenters. The lowest BCUT2D eigenvalue weighted by molar-refractivity contribution is -0.0283. The minimum atomic E-state index is -0.801. The Morgan fingerprint density at radius 1 is 1.54 bits per heavy atom. The van der Waals surface area contributed by atoms with Gasteiger partial charge in [0.15, 0.2) is 0 Å². The molecule has 1 aliphatic carbocycles. The molecule has 0 bridgehead atoms. The highest BCUT2D eigenvalue weighted by Crippen LogP contribution is 2.47. The van der Waals surface area contributed by atoms with E-state index in [2.05, 4.69) is 15.3 Å². The molecule has 126 valence electrons. The number of amides is 1. The lowest BCUT2D eigenvalue weighted by Crippen LogP contribution is -2.45. The van der Waals surface area contributed by atoms with Gasteiger partial charge in [-0.1, -0.05) is 13.8 Å². The van der Waals surface area contributed by atoms with Crippen molar-refractivity contribution in [2.45, 2.75) is 45.3 Å². The predicted molar refractivity (Wildman–Crippen MR) is 91.0 cm³/mol. The van der Waals surface area contributed by atoms with Crippen LogP contribution in [0.2, 0.25) is 0 Å². The molecule has 0 aromatic carbocycles. The molecule has 7 nitrogen and oxygen atoms in total. The Bertz CT molecular complexity index is 860. The van der Waals surface area contributed by atoms with Gasteiger partial charge in [-0.15, -0.1) is 0 Å². The van der Waals surface area contributed by atoms with E-state index in [4.69, 9.17) is 12.3 Å². The van der Waals surface area contributed by atoms with Crippen LogP contribution < -0.4 is 11.1 Å². The Labute approximate surface area is 140 Å². The highest BCUT2D eigenvalue weighted by atomic mass is 16.3. The van der Waals surface area contributed by atoms with E-state index in [0.29, 0.717) is 23.3 Å². The smallest absolute Gasteiger partial charge is 0.252 e. The largest absolute Gasteiger partial charge is 0.390 e. The molecule has 3 rings (SSSR count). The van der Waals surface area contributed by atoms with Crippen LogP contribution in [-0.2, 0) is 0 Å². The van der Waals surface area contributed by atoms with Crippen molar-refractivity contribution in [1.29, 1.82) is 0 Å². The average molecular weight is 327 g/mol. The predicted octanol–water partition coefficient (Wildman–Crippen LogP) is 2.34. The van der Waals surface area contributed by atoms with Gasteiger partial charge in [-0.2, -0.15) is 5.10 Å². The molecule has 4 N–H and O–H groups in total. The van der Waals surface area contributed by atoms with Crippen LogP contribution in [0.15, 0.2) is 18.5 Å². The summed E-state index contributed by atoms with van der Waals surface area (Å²) in [4.78, 5) is 15.2. The van der Waals surface area contributed by atoms with E-state index in [1.54, 1.807) is 16.8 Å². The van der Waals surface area contributed by atoms with Crippen molar-refractivity contribution in [1.82, 2.24) is 9.61 Å². The number of carbonyl (C=O) groups is 1. The molecule has 1 fully saturated rings. The molecule has 7 heteroatoms. The van der Waals surface area contributed by atoms with Gasteiger partial charge in [0.05, 0.1) is 35.1 Å². The highest BCUT2D eigenvalue weighted by molar-refractivity contribution is 6.02. The third kappa shape index (κ3) is 2.31. The Balaban J connectivity index is 2.11. The number of primary amides is 1. The SMILES string of the molecule is [C-]#[N+]c1cc2c(N[C@@H]3CC[C@@](C)(O)C3(C)C)c(C(N)=O)cnn2c1. The maximum atomic E-state index is 11.8. The van der Waals surface area contributed by atoms with Gasteiger partial charge in [-0.05, 0) is 25.8 Å². The number of anilines is 1. The zero-order chi connectivity index (χ0) is 17.7. The summed E-state index contributed by atoms with van der Waals surface area (Å²) in [6.45, 7) is 13.0. The Morgan fingerprint density at radius 3 is 2.79 bits per heavy atom. The number of hydrogen-bond acceptors (Lipinski definition) is 4. The fraction of sp³-hybridized carbons (Fsp3) is 0.471. The molecule has 1 aliphatic rings. The van der Waals surface area contributed by atoms with Gasteiger partial charge in [0.2, 0.25) is 5.69 Å². The average Bonchev–Trinajstić information content (AvgIpc) is 3.01. The summed E-state index contributed by atoms with van der Waals surface area (Å²) < 4.78 is 1.56. The number of rotatable bonds is 3. The van der Waals surface area contributed by atoms with E-state index in [9.17, 15) is 9.90 Å². The Hall–Kier alpha value is -2.59. The second kappa shape index (κ2) is 5.21. The fourth-order valence-electron chi connectivity index (χ4n) is 3.35. The number of carbonyl (C=O) groups excluding carboxylic acids is 1. The first-order valence-electron chi connectivity index (χ1n) is 7.85. The van der Waals surface area contributed by atoms with Crippen molar-refractivity contribution >= 4 is 22.8 Å². The number of aliphatic hydroxyl groups is 1. The second-order valence-electron chi connectivity index (χ2n) is 7.17. The molecule has 0 saturated heterocycles. The minimum Gasteiger partial charge on any atom is -0.390 e. The monoisotopic (exact) mass is 327 g/mol. The molecule has 2 aromatic rings. The van der Waals surface area contributed by atoms with Crippen LogP contribution in [0.25, 0.3) is 10.4 Å². The lowest BCUT2D eigenvalue weighted by atomic mass is 9.76. The Morgan fingerprint density at radius 2 is 2.25 bits per heavy atom. The van der Waals surface area contributed by atoms with E-state index in [-0.39, 0.29) is 11.6 Å². The number of aromatic nitrogens is 2. The van der Waals surface area contributed by atoms with Crippen molar-refractivity contribution in [2.24, 2.45) is 11.1 Å². The van der Waals surface area contributed by atoms with Crippen molar-refractivity contribution < 1.29 is 9.90 Å². The van der Waals surface area contributed by atoms with E-state index in [1.807, 2.05) is 20.8 Å². The Kier molecular flexibility index (Phi) is 3.53. The van der Waals surface area contributed by atoms with E-state index >= 15 is 0 Å². The maximum absolute atomic E-state index is 11.8. The summed E-state index contributed by atoms with van der Waals surface area (Å²) in [5.41, 5.74) is 6.20. The minimum absolute atomic E-state index is 0.0388. The van der Waals surface area contributed by atoms with Gasteiger partial charge in [-0.25, -0.2) is 4.85 Å². The maximum Gasteiger partial charge on any atom is 0.252 e. The third-order valence-corrected chi connectivity index (χ3v) is 5.51. The first-order valence-corrected chi connectivity index (χ1v) is 7.85. The second-order valence-corrected chi connectivity index (χ2v) is 7.17. The van der Waals surface area contributed by atoms with Crippen LogP contribution in [-0.4, -0.2) is 32.3 Å². The van der Waals surface area contributed by atoms with Crippen molar-refractivity contribution in [3.05, 3.63) is 35.4 Å². The number of nitrogens with zero attached hydrogens (tertiary/aromatic N) is 3. The molecular formula is C17H21N5O2. The summed E-state index contributed by atoms with van der Waals surface area (Å²) in [5.74, 6) is -0.583. The number of nitrogens with two attached hydrogens (primary N) is 1. The third-order valence-electron chi connectivity index (χ3n) is 5.51. The van der Waals surface area contributed by atoms with Crippen molar-refractivity contribution in [3.63, 3.8) is 0 Å². The fourth-order valence-corrected chi connectivity index (χ4v) is 3.35. The standard InChI is InChI=1S/C17H21N5O2/c1-16(2)13(5-6-17(16,3)24)21-14-11(15(18)23)8-20-22-9-10(19-4)7-12(14)22/h7-9,13,21,24H,5-6H2,1-3H3,(H2,18,23)/t13-,17-/m1/s1. The molecule has 0 aliphatic heterocycles. The van der Waals surface area contributed by atoms with E-state index in [0.717, 1.165) is 6.42 Å². The number of hydrogen-bond donors (Lipinski definition) is 3. The molecule has 24 heavy (non-hydrogen) atoms. The van der Waals surface area contributed by atoms with Gasteiger partial charge in [0, 0.05) is 17.7 Å². The van der Waals surface area contributed by atoms with Gasteiger partial charge in [0.25, 0.3) is 5.91 Å². The summed E-state index contributed by atoms with van der Waals surface area (Å²) in [5, 5.41) is 18.2.